The molecule has 4 heteroatoms. The van der Waals surface area contributed by atoms with E-state index in [1.807, 2.05) is 31.2 Å². The van der Waals surface area contributed by atoms with Crippen molar-refractivity contribution in [3.63, 3.8) is 0 Å². The van der Waals surface area contributed by atoms with Crippen molar-refractivity contribution < 1.29 is 9.13 Å². The van der Waals surface area contributed by atoms with Gasteiger partial charge in [0.1, 0.15) is 18.2 Å². The van der Waals surface area contributed by atoms with Gasteiger partial charge in [-0.15, -0.1) is 0 Å². The Balaban J connectivity index is 2.19. The molecule has 102 valence electrons. The highest BCUT2D eigenvalue weighted by molar-refractivity contribution is 9.08. The molecule has 2 aromatic carbocycles. The number of aryl methyl sites for hydroxylation is 1. The molecule has 0 N–H and O–H groups in total. The number of hydrogen-bond donors (Lipinski definition) is 0. The molecule has 0 bridgehead atoms. The molecular formula is C16H13BrFNO. The average Bonchev–Trinajstić information content (AvgIpc) is 2.46. The molecule has 0 unspecified atom stereocenters. The number of ether oxygens (including phenoxy) is 1. The summed E-state index contributed by atoms with van der Waals surface area (Å²) in [6, 6.07) is 12.2. The highest BCUT2D eigenvalue weighted by Crippen LogP contribution is 2.26. The van der Waals surface area contributed by atoms with Crippen molar-refractivity contribution in [3.8, 4) is 11.8 Å². The minimum atomic E-state index is -0.418. The standard InChI is InChI=1S/C16H13BrFNO/c1-11-3-2-4-13(8-17)16(11)20-10-14-6-5-12(9-19)7-15(14)18/h2-7H,8,10H2,1H3. The first-order valence-corrected chi connectivity index (χ1v) is 7.23. The predicted molar refractivity (Wildman–Crippen MR) is 79.3 cm³/mol. The lowest BCUT2D eigenvalue weighted by Crippen LogP contribution is -2.02. The average molecular weight is 334 g/mol. The SMILES string of the molecule is Cc1cccc(CBr)c1OCc1ccc(C#N)cc1F. The van der Waals surface area contributed by atoms with Crippen LogP contribution in [0.1, 0.15) is 22.3 Å². The predicted octanol–water partition coefficient (Wildman–Crippen LogP) is 4.48. The number of nitrogens with zero attached hydrogens (tertiary/aromatic N) is 1. The van der Waals surface area contributed by atoms with Gasteiger partial charge in [-0.3, -0.25) is 0 Å². The van der Waals surface area contributed by atoms with Crippen LogP contribution in [0.5, 0.6) is 5.75 Å². The normalized spacial score (nSPS) is 10.1. The highest BCUT2D eigenvalue weighted by atomic mass is 79.9. The van der Waals surface area contributed by atoms with Crippen molar-refractivity contribution in [3.05, 3.63) is 64.5 Å². The maximum absolute atomic E-state index is 13.8. The zero-order chi connectivity index (χ0) is 14.5. The molecule has 2 nitrogen and oxygen atoms in total. The van der Waals surface area contributed by atoms with Gasteiger partial charge < -0.3 is 4.74 Å². The van der Waals surface area contributed by atoms with Crippen LogP contribution in [0.4, 0.5) is 4.39 Å². The first-order valence-electron chi connectivity index (χ1n) is 6.11. The molecular weight excluding hydrogens is 321 g/mol. The van der Waals surface area contributed by atoms with Gasteiger partial charge in [0.15, 0.2) is 0 Å². The van der Waals surface area contributed by atoms with Crippen LogP contribution in [0.2, 0.25) is 0 Å². The summed E-state index contributed by atoms with van der Waals surface area (Å²) in [6.07, 6.45) is 0. The van der Waals surface area contributed by atoms with Crippen molar-refractivity contribution in [2.75, 3.05) is 0 Å². The summed E-state index contributed by atoms with van der Waals surface area (Å²) in [4.78, 5) is 0. The molecule has 2 aromatic rings. The summed E-state index contributed by atoms with van der Waals surface area (Å²) in [5, 5.41) is 9.39. The van der Waals surface area contributed by atoms with Gasteiger partial charge in [-0.1, -0.05) is 40.2 Å². The summed E-state index contributed by atoms with van der Waals surface area (Å²) in [7, 11) is 0. The third kappa shape index (κ3) is 3.17. The van der Waals surface area contributed by atoms with Gasteiger partial charge in [-0.05, 0) is 24.6 Å². The van der Waals surface area contributed by atoms with Crippen molar-refractivity contribution in [1.82, 2.24) is 0 Å². The van der Waals surface area contributed by atoms with Crippen LogP contribution in [0.25, 0.3) is 0 Å². The Kier molecular flexibility index (Phi) is 4.75. The number of halogens is 2. The van der Waals surface area contributed by atoms with Gasteiger partial charge in [-0.2, -0.15) is 5.26 Å². The van der Waals surface area contributed by atoms with E-state index in [1.165, 1.54) is 6.07 Å². The molecule has 0 heterocycles. The quantitative estimate of drug-likeness (QED) is 0.773. The number of hydrogen-bond acceptors (Lipinski definition) is 2. The van der Waals surface area contributed by atoms with Gasteiger partial charge in [0.25, 0.3) is 0 Å². The Bertz CT molecular complexity index is 664. The fourth-order valence-corrected chi connectivity index (χ4v) is 2.35. The number of alkyl halides is 1. The Morgan fingerprint density at radius 3 is 2.70 bits per heavy atom. The van der Waals surface area contributed by atoms with Crippen molar-refractivity contribution >= 4 is 15.9 Å². The zero-order valence-electron chi connectivity index (χ0n) is 11.0. The molecule has 0 radical (unpaired) electrons. The van der Waals surface area contributed by atoms with Gasteiger partial charge in [0.2, 0.25) is 0 Å². The van der Waals surface area contributed by atoms with Crippen LogP contribution in [0.3, 0.4) is 0 Å². The number of nitriles is 1. The highest BCUT2D eigenvalue weighted by Gasteiger charge is 2.09. The van der Waals surface area contributed by atoms with Crippen LogP contribution in [-0.2, 0) is 11.9 Å². The molecule has 0 amide bonds. The van der Waals surface area contributed by atoms with E-state index in [0.717, 1.165) is 16.9 Å². The second-order valence-electron chi connectivity index (χ2n) is 4.40. The number of para-hydroxylation sites is 1. The second kappa shape index (κ2) is 6.53. The molecule has 0 aliphatic rings. The monoisotopic (exact) mass is 333 g/mol. The van der Waals surface area contributed by atoms with Gasteiger partial charge >= 0.3 is 0 Å². The molecule has 0 aromatic heterocycles. The minimum Gasteiger partial charge on any atom is -0.488 e. The third-order valence-corrected chi connectivity index (χ3v) is 3.60. The maximum atomic E-state index is 13.8. The molecule has 20 heavy (non-hydrogen) atoms. The van der Waals surface area contributed by atoms with Gasteiger partial charge in [0, 0.05) is 16.5 Å². The summed E-state index contributed by atoms with van der Waals surface area (Å²) in [5.41, 5.74) is 2.78. The van der Waals surface area contributed by atoms with Crippen LogP contribution < -0.4 is 4.74 Å². The summed E-state index contributed by atoms with van der Waals surface area (Å²) in [5.74, 6) is 0.353. The van der Waals surface area contributed by atoms with Gasteiger partial charge in [0.05, 0.1) is 11.6 Å². The van der Waals surface area contributed by atoms with E-state index in [0.29, 0.717) is 16.5 Å². The van der Waals surface area contributed by atoms with Crippen LogP contribution in [-0.4, -0.2) is 0 Å². The third-order valence-electron chi connectivity index (χ3n) is 2.99. The van der Waals surface area contributed by atoms with Gasteiger partial charge in [-0.25, -0.2) is 4.39 Å². The minimum absolute atomic E-state index is 0.141. The molecule has 2 rings (SSSR count). The van der Waals surface area contributed by atoms with Crippen molar-refractivity contribution in [2.24, 2.45) is 0 Å². The summed E-state index contributed by atoms with van der Waals surface area (Å²) < 4.78 is 19.5. The van der Waals surface area contributed by atoms with E-state index < -0.39 is 5.82 Å². The van der Waals surface area contributed by atoms with Crippen molar-refractivity contribution in [2.45, 2.75) is 18.9 Å². The topological polar surface area (TPSA) is 33.0 Å². The number of rotatable bonds is 4. The van der Waals surface area contributed by atoms with Crippen LogP contribution in [0.15, 0.2) is 36.4 Å². The Labute approximate surface area is 125 Å². The van der Waals surface area contributed by atoms with E-state index in [-0.39, 0.29) is 6.61 Å². The zero-order valence-corrected chi connectivity index (χ0v) is 12.6. The smallest absolute Gasteiger partial charge is 0.131 e. The second-order valence-corrected chi connectivity index (χ2v) is 4.96. The molecule has 0 spiro atoms. The fraction of sp³-hybridized carbons (Fsp3) is 0.188. The van der Waals surface area contributed by atoms with E-state index in [4.69, 9.17) is 10.00 Å². The van der Waals surface area contributed by atoms with E-state index >= 15 is 0 Å². The van der Waals surface area contributed by atoms with Crippen LogP contribution in [0, 0.1) is 24.1 Å². The Morgan fingerprint density at radius 2 is 2.05 bits per heavy atom. The molecule has 0 aliphatic carbocycles. The van der Waals surface area contributed by atoms with Crippen LogP contribution >= 0.6 is 15.9 Å². The molecule has 0 saturated heterocycles. The lowest BCUT2D eigenvalue weighted by molar-refractivity contribution is 0.295. The van der Waals surface area contributed by atoms with E-state index in [1.54, 1.807) is 12.1 Å². The number of benzene rings is 2. The molecule has 0 aliphatic heterocycles. The molecule has 0 saturated carbocycles. The summed E-state index contributed by atoms with van der Waals surface area (Å²) in [6.45, 7) is 2.10. The largest absolute Gasteiger partial charge is 0.488 e. The maximum Gasteiger partial charge on any atom is 0.131 e. The van der Waals surface area contributed by atoms with E-state index in [9.17, 15) is 4.39 Å². The van der Waals surface area contributed by atoms with E-state index in [2.05, 4.69) is 15.9 Å². The molecule has 0 fully saturated rings. The van der Waals surface area contributed by atoms with Crippen molar-refractivity contribution in [1.29, 1.82) is 5.26 Å². The Morgan fingerprint density at radius 1 is 1.25 bits per heavy atom. The Hall–Kier alpha value is -1.86. The lowest BCUT2D eigenvalue weighted by atomic mass is 10.1. The first-order chi connectivity index (χ1) is 9.65. The fourth-order valence-electron chi connectivity index (χ4n) is 1.91. The molecule has 0 atom stereocenters. The lowest BCUT2D eigenvalue weighted by Gasteiger charge is -2.13. The first kappa shape index (κ1) is 14.5. The summed E-state index contributed by atoms with van der Waals surface area (Å²) >= 11 is 3.41.